The van der Waals surface area contributed by atoms with Crippen LogP contribution in [0.15, 0.2) is 60.2 Å². The number of aromatic nitrogens is 1. The third-order valence-electron chi connectivity index (χ3n) is 3.85. The summed E-state index contributed by atoms with van der Waals surface area (Å²) in [6.45, 7) is 7.86. The molecular weight excluding hydrogens is 404 g/mol. The molecule has 8 heteroatoms. The second kappa shape index (κ2) is 11.1. The third kappa shape index (κ3) is 6.97. The Balaban J connectivity index is 2.18. The van der Waals surface area contributed by atoms with Gasteiger partial charge in [-0.2, -0.15) is 12.6 Å². The number of thiol groups is 1. The van der Waals surface area contributed by atoms with Crippen LogP contribution in [-0.4, -0.2) is 34.7 Å². The highest BCUT2D eigenvalue weighted by molar-refractivity contribution is 7.83. The fraction of sp³-hybridized carbons (Fsp3) is 0.227. The minimum atomic E-state index is -1.09. The molecule has 2 rings (SSSR count). The van der Waals surface area contributed by atoms with Crippen molar-refractivity contribution in [1.29, 1.82) is 0 Å². The lowest BCUT2D eigenvalue weighted by atomic mass is 10.1. The second-order valence-electron chi connectivity index (χ2n) is 6.56. The van der Waals surface area contributed by atoms with E-state index >= 15 is 0 Å². The molecule has 0 aliphatic carbocycles. The van der Waals surface area contributed by atoms with Crippen LogP contribution >= 0.6 is 12.6 Å². The number of carbonyl (C=O) groups is 2. The first-order chi connectivity index (χ1) is 14.3. The van der Waals surface area contributed by atoms with Crippen molar-refractivity contribution in [3.8, 4) is 11.5 Å². The quantitative estimate of drug-likeness (QED) is 0.378. The number of nitrogens with one attached hydrogen (secondary N) is 1. The number of carbonyl (C=O) groups excluding carboxylic acids is 1. The van der Waals surface area contributed by atoms with Crippen LogP contribution in [0.3, 0.4) is 0 Å². The standard InChI is InChI=1S/C22H24N2O5S/c1-4-15(13-30)7-8-28-18-9-17(10-19(11-18)29-14(2)3)21(25)24-20-6-5-16(12-23-20)22(26)27/h4-6,9-14,30H,1,7-8H2,2-3H3,(H,26,27)(H,23,24,25)/b15-13+. The number of anilines is 1. The maximum atomic E-state index is 12.7. The van der Waals surface area contributed by atoms with Gasteiger partial charge < -0.3 is 19.9 Å². The van der Waals surface area contributed by atoms with E-state index in [4.69, 9.17) is 14.6 Å². The summed E-state index contributed by atoms with van der Waals surface area (Å²) in [6, 6.07) is 7.72. The molecule has 30 heavy (non-hydrogen) atoms. The van der Waals surface area contributed by atoms with E-state index in [2.05, 4.69) is 29.5 Å². The summed E-state index contributed by atoms with van der Waals surface area (Å²) in [5, 5.41) is 13.2. The maximum Gasteiger partial charge on any atom is 0.337 e. The number of benzene rings is 1. The molecule has 158 valence electrons. The van der Waals surface area contributed by atoms with Gasteiger partial charge in [0.2, 0.25) is 0 Å². The van der Waals surface area contributed by atoms with E-state index < -0.39 is 11.9 Å². The molecule has 0 radical (unpaired) electrons. The van der Waals surface area contributed by atoms with E-state index in [1.807, 2.05) is 13.8 Å². The van der Waals surface area contributed by atoms with Crippen molar-refractivity contribution in [2.75, 3.05) is 11.9 Å². The van der Waals surface area contributed by atoms with Gasteiger partial charge >= 0.3 is 5.97 Å². The smallest absolute Gasteiger partial charge is 0.337 e. The van der Waals surface area contributed by atoms with Gasteiger partial charge in [0, 0.05) is 24.2 Å². The highest BCUT2D eigenvalue weighted by Crippen LogP contribution is 2.25. The fourth-order valence-electron chi connectivity index (χ4n) is 2.42. The zero-order valence-corrected chi connectivity index (χ0v) is 17.7. The minimum Gasteiger partial charge on any atom is -0.493 e. The van der Waals surface area contributed by atoms with Crippen LogP contribution in [-0.2, 0) is 0 Å². The number of pyridine rings is 1. The number of allylic oxidation sites excluding steroid dienone is 1. The minimum absolute atomic E-state index is 0.0326. The first kappa shape index (κ1) is 23.0. The Kier molecular flexibility index (Phi) is 8.49. The highest BCUT2D eigenvalue weighted by Gasteiger charge is 2.13. The highest BCUT2D eigenvalue weighted by atomic mass is 32.1. The predicted octanol–water partition coefficient (Wildman–Crippen LogP) is 4.59. The number of hydrogen-bond acceptors (Lipinski definition) is 6. The predicted molar refractivity (Wildman–Crippen MR) is 119 cm³/mol. The van der Waals surface area contributed by atoms with Crippen molar-refractivity contribution in [3.63, 3.8) is 0 Å². The molecule has 0 unspecified atom stereocenters. The van der Waals surface area contributed by atoms with E-state index in [1.165, 1.54) is 18.3 Å². The van der Waals surface area contributed by atoms with E-state index in [9.17, 15) is 9.59 Å². The maximum absolute atomic E-state index is 12.7. The van der Waals surface area contributed by atoms with Crippen molar-refractivity contribution in [2.45, 2.75) is 26.4 Å². The Morgan fingerprint density at radius 3 is 2.53 bits per heavy atom. The van der Waals surface area contributed by atoms with Crippen LogP contribution in [0, 0.1) is 0 Å². The summed E-state index contributed by atoms with van der Waals surface area (Å²) in [6.07, 6.45) is 3.41. The molecule has 2 N–H and O–H groups in total. The molecule has 0 saturated carbocycles. The van der Waals surface area contributed by atoms with Gasteiger partial charge in [-0.3, -0.25) is 4.79 Å². The molecule has 0 aliphatic heterocycles. The normalized spacial score (nSPS) is 11.1. The van der Waals surface area contributed by atoms with Crippen molar-refractivity contribution in [1.82, 2.24) is 4.98 Å². The lowest BCUT2D eigenvalue weighted by Crippen LogP contribution is -2.14. The molecular formula is C22H24N2O5S. The Hall–Kier alpha value is -3.26. The average Bonchev–Trinajstić information content (AvgIpc) is 2.71. The molecule has 0 atom stereocenters. The molecule has 7 nitrogen and oxygen atoms in total. The molecule has 1 aromatic carbocycles. The molecule has 0 aliphatic rings. The van der Waals surface area contributed by atoms with Gasteiger partial charge in [-0.25, -0.2) is 9.78 Å². The number of carboxylic acids is 1. The lowest BCUT2D eigenvalue weighted by Gasteiger charge is -2.14. The topological polar surface area (TPSA) is 97.8 Å². The van der Waals surface area contributed by atoms with E-state index in [0.717, 1.165) is 5.57 Å². The van der Waals surface area contributed by atoms with Crippen molar-refractivity contribution < 1.29 is 24.2 Å². The number of nitrogens with zero attached hydrogens (tertiary/aromatic N) is 1. The zero-order valence-electron chi connectivity index (χ0n) is 16.8. The van der Waals surface area contributed by atoms with Gasteiger partial charge in [-0.05, 0) is 49.1 Å². The number of aromatic carboxylic acids is 1. The van der Waals surface area contributed by atoms with E-state index in [-0.39, 0.29) is 17.5 Å². The Bertz CT molecular complexity index is 939. The van der Waals surface area contributed by atoms with E-state index in [0.29, 0.717) is 30.1 Å². The summed E-state index contributed by atoms with van der Waals surface area (Å²) in [5.41, 5.74) is 1.29. The zero-order chi connectivity index (χ0) is 22.1. The largest absolute Gasteiger partial charge is 0.493 e. The SMILES string of the molecule is C=C/C(=C\S)CCOc1cc(OC(C)C)cc(C(=O)Nc2ccc(C(=O)O)cn2)c1. The molecule has 0 saturated heterocycles. The summed E-state index contributed by atoms with van der Waals surface area (Å²) < 4.78 is 11.5. The number of carboxylic acid groups (broad SMARTS) is 1. The monoisotopic (exact) mass is 428 g/mol. The summed E-state index contributed by atoms with van der Waals surface area (Å²) in [5.74, 6) is -0.303. The lowest BCUT2D eigenvalue weighted by molar-refractivity contribution is 0.0696. The van der Waals surface area contributed by atoms with Crippen molar-refractivity contribution in [3.05, 3.63) is 71.3 Å². The average molecular weight is 429 g/mol. The van der Waals surface area contributed by atoms with Gasteiger partial charge in [-0.15, -0.1) is 0 Å². The van der Waals surface area contributed by atoms with Gasteiger partial charge in [0.25, 0.3) is 5.91 Å². The molecule has 1 amide bonds. The Morgan fingerprint density at radius 1 is 1.23 bits per heavy atom. The van der Waals surface area contributed by atoms with Crippen LogP contribution in [0.5, 0.6) is 11.5 Å². The second-order valence-corrected chi connectivity index (χ2v) is 6.82. The van der Waals surface area contributed by atoms with Crippen LogP contribution in [0.25, 0.3) is 0 Å². The number of rotatable bonds is 10. The van der Waals surface area contributed by atoms with Crippen LogP contribution < -0.4 is 14.8 Å². The van der Waals surface area contributed by atoms with Gasteiger partial charge in [0.15, 0.2) is 0 Å². The summed E-state index contributed by atoms with van der Waals surface area (Å²) in [4.78, 5) is 27.6. The summed E-state index contributed by atoms with van der Waals surface area (Å²) >= 11 is 4.12. The Labute approximate surface area is 180 Å². The molecule has 0 fully saturated rings. The Morgan fingerprint density at radius 2 is 1.97 bits per heavy atom. The number of ether oxygens (including phenoxy) is 2. The summed E-state index contributed by atoms with van der Waals surface area (Å²) in [7, 11) is 0. The van der Waals surface area contributed by atoms with Gasteiger partial charge in [-0.1, -0.05) is 12.7 Å². The van der Waals surface area contributed by atoms with Gasteiger partial charge in [0.1, 0.15) is 17.3 Å². The molecule has 2 aromatic rings. The van der Waals surface area contributed by atoms with Crippen molar-refractivity contribution >= 4 is 30.3 Å². The molecule has 1 aromatic heterocycles. The van der Waals surface area contributed by atoms with Crippen LogP contribution in [0.2, 0.25) is 0 Å². The number of amides is 1. The molecule has 1 heterocycles. The van der Waals surface area contributed by atoms with Crippen LogP contribution in [0.1, 0.15) is 41.0 Å². The third-order valence-corrected chi connectivity index (χ3v) is 4.19. The van der Waals surface area contributed by atoms with E-state index in [1.54, 1.807) is 29.7 Å². The van der Waals surface area contributed by atoms with Crippen LogP contribution in [0.4, 0.5) is 5.82 Å². The molecule has 0 bridgehead atoms. The van der Waals surface area contributed by atoms with Gasteiger partial charge in [0.05, 0.1) is 18.3 Å². The molecule has 0 spiro atoms. The van der Waals surface area contributed by atoms with Crippen molar-refractivity contribution in [2.24, 2.45) is 0 Å². The first-order valence-corrected chi connectivity index (χ1v) is 9.75. The number of hydrogen-bond donors (Lipinski definition) is 3. The first-order valence-electron chi connectivity index (χ1n) is 9.23. The fourth-order valence-corrected chi connectivity index (χ4v) is 2.65.